The molecule has 428 valence electrons. The maximum absolute atomic E-state index is 13.2. The second kappa shape index (κ2) is 45.0. The van der Waals surface area contributed by atoms with E-state index in [0.717, 1.165) is 30.6 Å². The molecule has 0 spiro atoms. The van der Waals surface area contributed by atoms with E-state index >= 15 is 0 Å². The minimum absolute atomic E-state index is 0.0243. The maximum Gasteiger partial charge on any atom is 0.305 e. The van der Waals surface area contributed by atoms with Crippen molar-refractivity contribution >= 4 is 41.2 Å². The van der Waals surface area contributed by atoms with Gasteiger partial charge in [-0.05, 0) is 37.8 Å². The summed E-state index contributed by atoms with van der Waals surface area (Å²) >= 11 is 0. The predicted octanol–water partition coefficient (Wildman–Crippen LogP) is 4.47. The molecule has 3 rings (SSSR count). The number of imide groups is 2. The molecule has 0 aromatic heterocycles. The first-order valence-corrected chi connectivity index (χ1v) is 27.1. The largest absolute Gasteiger partial charge is 0.463 e. The van der Waals surface area contributed by atoms with Crippen molar-refractivity contribution in [3.8, 4) is 0 Å². The van der Waals surface area contributed by atoms with E-state index in [4.69, 9.17) is 61.6 Å². The Morgan fingerprint density at radius 1 is 0.493 bits per heavy atom. The molecule has 0 aliphatic carbocycles. The lowest BCUT2D eigenvalue weighted by molar-refractivity contribution is -0.145. The van der Waals surface area contributed by atoms with Crippen molar-refractivity contribution in [3.63, 3.8) is 0 Å². The third-order valence-corrected chi connectivity index (χ3v) is 11.5. The Hall–Kier alpha value is -4.04. The molecule has 0 radical (unpaired) electrons. The highest BCUT2D eigenvalue weighted by Crippen LogP contribution is 2.32. The number of fused-ring (bicyclic) bond motifs is 1. The molecule has 2 heterocycles. The van der Waals surface area contributed by atoms with E-state index < -0.39 is 29.7 Å². The molecule has 1 unspecified atom stereocenters. The van der Waals surface area contributed by atoms with Gasteiger partial charge < -0.3 is 66.9 Å². The molecular formula is C53H87N3O19. The number of ether oxygens (including phenoxy) is 13. The quantitative estimate of drug-likeness (QED) is 0.0519. The lowest BCUT2D eigenvalue weighted by Gasteiger charge is -2.27. The molecule has 1 aromatic rings. The number of esters is 1. The Kier molecular flexibility index (Phi) is 39.2. The molecule has 5 amide bonds. The summed E-state index contributed by atoms with van der Waals surface area (Å²) in [6, 6.07) is 3.52. The van der Waals surface area contributed by atoms with E-state index in [1.54, 1.807) is 12.1 Å². The molecule has 1 aromatic carbocycles. The van der Waals surface area contributed by atoms with E-state index in [1.807, 2.05) is 0 Å². The molecule has 2 aliphatic rings. The fraction of sp³-hybridized carbons (Fsp3) is 0.774. The van der Waals surface area contributed by atoms with E-state index in [1.165, 1.54) is 38.2 Å². The van der Waals surface area contributed by atoms with Gasteiger partial charge in [-0.25, -0.2) is 0 Å². The normalized spacial score (nSPS) is 14.5. The Labute approximate surface area is 443 Å². The van der Waals surface area contributed by atoms with Crippen molar-refractivity contribution in [2.45, 2.75) is 103 Å². The van der Waals surface area contributed by atoms with Gasteiger partial charge in [0.05, 0.1) is 169 Å². The van der Waals surface area contributed by atoms with E-state index in [-0.39, 0.29) is 54.6 Å². The first-order valence-electron chi connectivity index (χ1n) is 27.1. The lowest BCUT2D eigenvalue weighted by atomic mass is 10.0. The number of nitrogens with zero attached hydrogens (tertiary/aromatic N) is 1. The zero-order valence-corrected chi connectivity index (χ0v) is 44.6. The molecule has 2 N–H and O–H groups in total. The number of unbranched alkanes of at least 4 members (excludes halogenated alkanes) is 8. The lowest BCUT2D eigenvalue weighted by Crippen LogP contribution is -2.54. The van der Waals surface area contributed by atoms with Crippen LogP contribution in [-0.4, -0.2) is 212 Å². The molecule has 1 atom stereocenters. The van der Waals surface area contributed by atoms with Crippen LogP contribution in [0.15, 0.2) is 18.2 Å². The van der Waals surface area contributed by atoms with Crippen molar-refractivity contribution in [1.82, 2.24) is 10.2 Å². The molecule has 1 fully saturated rings. The molecule has 22 nitrogen and oxygen atoms in total. The van der Waals surface area contributed by atoms with E-state index in [0.29, 0.717) is 171 Å². The highest BCUT2D eigenvalue weighted by molar-refractivity contribution is 6.26. The Morgan fingerprint density at radius 2 is 0.893 bits per heavy atom. The van der Waals surface area contributed by atoms with Crippen LogP contribution in [-0.2, 0) is 80.8 Å². The molecule has 22 heteroatoms. The van der Waals surface area contributed by atoms with Crippen LogP contribution >= 0.6 is 0 Å². The van der Waals surface area contributed by atoms with Gasteiger partial charge >= 0.3 is 5.97 Å². The highest BCUT2D eigenvalue weighted by Gasteiger charge is 2.45. The summed E-state index contributed by atoms with van der Waals surface area (Å²) in [5.74, 6) is -2.89. The smallest absolute Gasteiger partial charge is 0.305 e. The summed E-state index contributed by atoms with van der Waals surface area (Å²) in [5, 5.41) is 4.91. The number of piperidine rings is 1. The maximum atomic E-state index is 13.2. The topological polar surface area (TPSA) is 250 Å². The van der Waals surface area contributed by atoms with Gasteiger partial charge in [0.15, 0.2) is 0 Å². The number of benzene rings is 1. The van der Waals surface area contributed by atoms with Crippen molar-refractivity contribution in [1.29, 1.82) is 0 Å². The third-order valence-electron chi connectivity index (χ3n) is 11.5. The van der Waals surface area contributed by atoms with Crippen LogP contribution in [0.4, 0.5) is 5.69 Å². The number of hydrogen-bond acceptors (Lipinski definition) is 19. The van der Waals surface area contributed by atoms with Crippen LogP contribution in [0.1, 0.15) is 118 Å². The molecule has 75 heavy (non-hydrogen) atoms. The second-order valence-corrected chi connectivity index (χ2v) is 17.5. The van der Waals surface area contributed by atoms with Crippen LogP contribution in [0.3, 0.4) is 0 Å². The van der Waals surface area contributed by atoms with Crippen molar-refractivity contribution in [2.24, 2.45) is 0 Å². The molecule has 0 saturated carbocycles. The van der Waals surface area contributed by atoms with Crippen LogP contribution in [0.25, 0.3) is 0 Å². The Bertz CT molecular complexity index is 1710. The average molecular weight is 1070 g/mol. The van der Waals surface area contributed by atoms with Gasteiger partial charge in [-0.1, -0.05) is 57.9 Å². The summed E-state index contributed by atoms with van der Waals surface area (Å²) in [4.78, 5) is 75.5. The van der Waals surface area contributed by atoms with E-state index in [2.05, 4.69) is 17.6 Å². The Balaban J connectivity index is 0.934. The number of rotatable bonds is 52. The standard InChI is InChI=1S/C53H87N3O19/c1-2-3-4-5-6-7-10-16-49(59)75-43-42-74-41-40-73-39-38-72-37-36-71-35-34-70-33-32-69-31-30-68-29-28-67-27-26-66-25-24-65-23-22-64-21-20-63-19-11-8-9-15-47(57)54-45-14-12-13-44-50(45)53(62)56(52(44)61)46-17-18-48(58)55-51(46)60/h12-14,46H,2-11,15-43H2,1H3,(H,54,57)(H,55,58,60). The van der Waals surface area contributed by atoms with Crippen LogP contribution < -0.4 is 10.6 Å². The number of carbonyl (C=O) groups is 6. The minimum atomic E-state index is -1.08. The number of amides is 5. The zero-order valence-electron chi connectivity index (χ0n) is 44.6. The Morgan fingerprint density at radius 3 is 1.35 bits per heavy atom. The summed E-state index contributed by atoms with van der Waals surface area (Å²) in [6.07, 6.45) is 11.1. The molecular weight excluding hydrogens is 983 g/mol. The van der Waals surface area contributed by atoms with Gasteiger partial charge in [0.25, 0.3) is 11.8 Å². The van der Waals surface area contributed by atoms with Crippen molar-refractivity contribution < 1.29 is 90.3 Å². The summed E-state index contributed by atoms with van der Waals surface area (Å²) in [5.41, 5.74) is 0.371. The van der Waals surface area contributed by atoms with Gasteiger partial charge in [-0.2, -0.15) is 0 Å². The van der Waals surface area contributed by atoms with Gasteiger partial charge in [0.2, 0.25) is 17.7 Å². The second-order valence-electron chi connectivity index (χ2n) is 17.5. The van der Waals surface area contributed by atoms with Gasteiger partial charge in [-0.15, -0.1) is 0 Å². The number of nitrogens with one attached hydrogen (secondary N) is 2. The third kappa shape index (κ3) is 31.7. The van der Waals surface area contributed by atoms with E-state index in [9.17, 15) is 28.8 Å². The van der Waals surface area contributed by atoms with Crippen LogP contribution in [0, 0.1) is 0 Å². The van der Waals surface area contributed by atoms with Gasteiger partial charge in [0, 0.05) is 25.9 Å². The van der Waals surface area contributed by atoms with Crippen molar-refractivity contribution in [2.75, 3.05) is 170 Å². The van der Waals surface area contributed by atoms with Gasteiger partial charge in [0.1, 0.15) is 12.6 Å². The molecule has 0 bridgehead atoms. The first-order chi connectivity index (χ1) is 36.8. The summed E-state index contributed by atoms with van der Waals surface area (Å²) in [6.45, 7) is 13.5. The monoisotopic (exact) mass is 1070 g/mol. The average Bonchev–Trinajstić information content (AvgIpc) is 3.66. The molecule has 1 saturated heterocycles. The SMILES string of the molecule is CCCCCCCCCC(=O)OCCOCCOCCOCCOCCOCCOCCOCCOCCOCCOCCOCCOCCCCCC(=O)Nc1cccc2c1C(=O)N(C1CCC(=O)NC1=O)C2=O. The van der Waals surface area contributed by atoms with Crippen LogP contribution in [0.5, 0.6) is 0 Å². The minimum Gasteiger partial charge on any atom is -0.463 e. The van der Waals surface area contributed by atoms with Gasteiger partial charge in [-0.3, -0.25) is 39.0 Å². The van der Waals surface area contributed by atoms with Crippen LogP contribution in [0.2, 0.25) is 0 Å². The molecule has 2 aliphatic heterocycles. The number of carbonyl (C=O) groups excluding carboxylic acids is 6. The summed E-state index contributed by atoms with van der Waals surface area (Å²) < 4.78 is 71.4. The predicted molar refractivity (Wildman–Crippen MR) is 274 cm³/mol. The number of hydrogen-bond donors (Lipinski definition) is 2. The van der Waals surface area contributed by atoms with Crippen molar-refractivity contribution in [3.05, 3.63) is 29.3 Å². The fourth-order valence-corrected chi connectivity index (χ4v) is 7.53. The first kappa shape index (κ1) is 65.2. The zero-order chi connectivity index (χ0) is 53.7. The number of anilines is 1. The highest BCUT2D eigenvalue weighted by atomic mass is 16.6. The fourth-order valence-electron chi connectivity index (χ4n) is 7.53. The summed E-state index contributed by atoms with van der Waals surface area (Å²) in [7, 11) is 0.